The number of urea groups is 1. The van der Waals surface area contributed by atoms with Crippen LogP contribution in [0.15, 0.2) is 22.7 Å². The molecule has 0 spiro atoms. The molecule has 4 N–H and O–H groups in total. The van der Waals surface area contributed by atoms with Crippen LogP contribution in [-0.4, -0.2) is 36.2 Å². The molecule has 1 aromatic carbocycles. The fourth-order valence-corrected chi connectivity index (χ4v) is 2.54. The molecule has 0 atom stereocenters. The normalized spacial score (nSPS) is 15.7. The number of piperidine rings is 1. The molecule has 1 heterocycles. The summed E-state index contributed by atoms with van der Waals surface area (Å²) in [7, 11) is 0. The minimum Gasteiger partial charge on any atom is -0.478 e. The first-order valence-corrected chi connectivity index (χ1v) is 7.16. The minimum atomic E-state index is -1.00. The maximum atomic E-state index is 11.9. The van der Waals surface area contributed by atoms with E-state index >= 15 is 0 Å². The number of carbonyl (C=O) groups excluding carboxylic acids is 1. The first-order valence-electron chi connectivity index (χ1n) is 6.37. The van der Waals surface area contributed by atoms with Crippen LogP contribution >= 0.6 is 15.9 Å². The number of carboxylic acid groups (broad SMARTS) is 1. The molecule has 1 aliphatic rings. The highest BCUT2D eigenvalue weighted by Gasteiger charge is 2.16. The van der Waals surface area contributed by atoms with Crippen molar-refractivity contribution >= 4 is 33.6 Å². The molecule has 20 heavy (non-hydrogen) atoms. The Morgan fingerprint density at radius 2 is 2.00 bits per heavy atom. The van der Waals surface area contributed by atoms with E-state index in [9.17, 15) is 9.59 Å². The Morgan fingerprint density at radius 3 is 2.60 bits per heavy atom. The van der Waals surface area contributed by atoms with Crippen molar-refractivity contribution in [2.75, 3.05) is 18.4 Å². The van der Waals surface area contributed by atoms with Crippen LogP contribution in [0.25, 0.3) is 0 Å². The van der Waals surface area contributed by atoms with Crippen molar-refractivity contribution in [3.63, 3.8) is 0 Å². The maximum absolute atomic E-state index is 11.9. The van der Waals surface area contributed by atoms with E-state index in [-0.39, 0.29) is 17.6 Å². The molecule has 2 amide bonds. The summed E-state index contributed by atoms with van der Waals surface area (Å²) in [4.78, 5) is 22.7. The molecule has 0 aromatic heterocycles. The summed E-state index contributed by atoms with van der Waals surface area (Å²) in [5.74, 6) is -1.00. The van der Waals surface area contributed by atoms with Crippen molar-refractivity contribution in [1.29, 1.82) is 0 Å². The van der Waals surface area contributed by atoms with Crippen molar-refractivity contribution in [3.05, 3.63) is 28.2 Å². The lowest BCUT2D eigenvalue weighted by Crippen LogP contribution is -2.44. The second-order valence-electron chi connectivity index (χ2n) is 4.62. The lowest BCUT2D eigenvalue weighted by Gasteiger charge is -2.23. The highest BCUT2D eigenvalue weighted by Crippen LogP contribution is 2.23. The number of hydrogen-bond acceptors (Lipinski definition) is 3. The van der Waals surface area contributed by atoms with Crippen LogP contribution in [0.1, 0.15) is 23.2 Å². The van der Waals surface area contributed by atoms with Crippen LogP contribution in [0.2, 0.25) is 0 Å². The predicted molar refractivity (Wildman–Crippen MR) is 79.1 cm³/mol. The summed E-state index contributed by atoms with van der Waals surface area (Å²) in [5.41, 5.74) is 0.711. The second kappa shape index (κ2) is 6.71. The van der Waals surface area contributed by atoms with E-state index in [1.165, 1.54) is 12.1 Å². The summed E-state index contributed by atoms with van der Waals surface area (Å²) < 4.78 is 0.540. The highest BCUT2D eigenvalue weighted by atomic mass is 79.9. The van der Waals surface area contributed by atoms with Gasteiger partial charge in [-0.2, -0.15) is 0 Å². The fraction of sp³-hybridized carbons (Fsp3) is 0.385. The Kier molecular flexibility index (Phi) is 4.97. The molecule has 1 aliphatic heterocycles. The van der Waals surface area contributed by atoms with Crippen LogP contribution in [0.4, 0.5) is 10.5 Å². The van der Waals surface area contributed by atoms with Crippen molar-refractivity contribution in [2.45, 2.75) is 18.9 Å². The van der Waals surface area contributed by atoms with Gasteiger partial charge in [-0.15, -0.1) is 0 Å². The molecule has 1 fully saturated rings. The molecule has 6 nitrogen and oxygen atoms in total. The molecule has 1 aromatic rings. The number of nitrogens with one attached hydrogen (secondary N) is 3. The van der Waals surface area contributed by atoms with Crippen LogP contribution in [-0.2, 0) is 0 Å². The highest BCUT2D eigenvalue weighted by molar-refractivity contribution is 9.10. The van der Waals surface area contributed by atoms with Gasteiger partial charge in [-0.25, -0.2) is 9.59 Å². The molecule has 0 bridgehead atoms. The van der Waals surface area contributed by atoms with Crippen molar-refractivity contribution in [1.82, 2.24) is 10.6 Å². The van der Waals surface area contributed by atoms with E-state index < -0.39 is 5.97 Å². The zero-order chi connectivity index (χ0) is 14.5. The third-order valence-corrected chi connectivity index (χ3v) is 3.79. The Balaban J connectivity index is 1.95. The average molecular weight is 342 g/mol. The maximum Gasteiger partial charge on any atom is 0.335 e. The van der Waals surface area contributed by atoms with E-state index in [0.29, 0.717) is 10.2 Å². The lowest BCUT2D eigenvalue weighted by atomic mass is 10.1. The number of amides is 2. The van der Waals surface area contributed by atoms with E-state index in [2.05, 4.69) is 31.9 Å². The van der Waals surface area contributed by atoms with Crippen molar-refractivity contribution in [2.24, 2.45) is 0 Å². The van der Waals surface area contributed by atoms with Crippen LogP contribution in [0, 0.1) is 0 Å². The van der Waals surface area contributed by atoms with E-state index in [4.69, 9.17) is 5.11 Å². The summed E-state index contributed by atoms with van der Waals surface area (Å²) in [5, 5.41) is 17.7. The number of anilines is 1. The van der Waals surface area contributed by atoms with Gasteiger partial charge in [-0.05, 0) is 60.1 Å². The van der Waals surface area contributed by atoms with Gasteiger partial charge in [-0.3, -0.25) is 0 Å². The number of carbonyl (C=O) groups is 2. The molecular formula is C13H16BrN3O3. The molecule has 0 radical (unpaired) electrons. The molecule has 0 unspecified atom stereocenters. The smallest absolute Gasteiger partial charge is 0.335 e. The SMILES string of the molecule is O=C(Nc1ccc(C(=O)O)cc1Br)NC1CCNCC1. The quantitative estimate of drug-likeness (QED) is 0.677. The third kappa shape index (κ3) is 3.94. The summed E-state index contributed by atoms with van der Waals surface area (Å²) >= 11 is 3.25. The zero-order valence-electron chi connectivity index (χ0n) is 10.8. The molecule has 0 saturated carbocycles. The Morgan fingerprint density at radius 1 is 1.30 bits per heavy atom. The van der Waals surface area contributed by atoms with Crippen LogP contribution < -0.4 is 16.0 Å². The largest absolute Gasteiger partial charge is 0.478 e. The summed E-state index contributed by atoms with van der Waals surface area (Å²) in [6.07, 6.45) is 1.82. The fourth-order valence-electron chi connectivity index (χ4n) is 2.06. The lowest BCUT2D eigenvalue weighted by molar-refractivity contribution is 0.0697. The Bertz CT molecular complexity index is 516. The number of benzene rings is 1. The Hall–Kier alpha value is -1.60. The summed E-state index contributed by atoms with van der Waals surface area (Å²) in [6.45, 7) is 1.81. The molecule has 2 rings (SSSR count). The molecular weight excluding hydrogens is 326 g/mol. The van der Waals surface area contributed by atoms with E-state index in [0.717, 1.165) is 25.9 Å². The molecule has 1 saturated heterocycles. The first kappa shape index (κ1) is 14.8. The number of rotatable bonds is 3. The van der Waals surface area contributed by atoms with Crippen LogP contribution in [0.5, 0.6) is 0 Å². The van der Waals surface area contributed by atoms with Gasteiger partial charge in [0.1, 0.15) is 0 Å². The van der Waals surface area contributed by atoms with Crippen molar-refractivity contribution in [3.8, 4) is 0 Å². The zero-order valence-corrected chi connectivity index (χ0v) is 12.4. The molecule has 7 heteroatoms. The van der Waals surface area contributed by atoms with Gasteiger partial charge in [0.2, 0.25) is 0 Å². The topological polar surface area (TPSA) is 90.5 Å². The third-order valence-electron chi connectivity index (χ3n) is 3.14. The summed E-state index contributed by atoms with van der Waals surface area (Å²) in [6, 6.07) is 4.37. The Labute approximate surface area is 125 Å². The number of hydrogen-bond donors (Lipinski definition) is 4. The molecule has 0 aliphatic carbocycles. The van der Waals surface area contributed by atoms with Gasteiger partial charge >= 0.3 is 12.0 Å². The average Bonchev–Trinajstić information content (AvgIpc) is 2.42. The van der Waals surface area contributed by atoms with Crippen LogP contribution in [0.3, 0.4) is 0 Å². The van der Waals surface area contributed by atoms with E-state index in [1.807, 2.05) is 0 Å². The van der Waals surface area contributed by atoms with Crippen molar-refractivity contribution < 1.29 is 14.7 Å². The van der Waals surface area contributed by atoms with Gasteiger partial charge in [0.15, 0.2) is 0 Å². The van der Waals surface area contributed by atoms with Gasteiger partial charge in [0.05, 0.1) is 11.3 Å². The first-order chi connectivity index (χ1) is 9.56. The predicted octanol–water partition coefficient (Wildman–Crippen LogP) is 2.02. The second-order valence-corrected chi connectivity index (χ2v) is 5.48. The number of aromatic carboxylic acids is 1. The number of halogens is 1. The van der Waals surface area contributed by atoms with Gasteiger partial charge in [-0.1, -0.05) is 0 Å². The minimum absolute atomic E-state index is 0.168. The molecule has 108 valence electrons. The standard InChI is InChI=1S/C13H16BrN3O3/c14-10-7-8(12(18)19)1-2-11(10)17-13(20)16-9-3-5-15-6-4-9/h1-2,7,9,15H,3-6H2,(H,18,19)(H2,16,17,20). The van der Waals surface area contributed by atoms with E-state index in [1.54, 1.807) is 6.07 Å². The number of carboxylic acids is 1. The monoisotopic (exact) mass is 341 g/mol. The van der Waals surface area contributed by atoms with Gasteiger partial charge < -0.3 is 21.1 Å². The van der Waals surface area contributed by atoms with Gasteiger partial charge in [0, 0.05) is 10.5 Å². The van der Waals surface area contributed by atoms with Gasteiger partial charge in [0.25, 0.3) is 0 Å².